The number of nitrogens with zero attached hydrogens (tertiary/aromatic N) is 2. The van der Waals surface area contributed by atoms with Gasteiger partial charge in [0.25, 0.3) is 5.91 Å². The molecule has 2 aromatic heterocycles. The largest absolute Gasteiger partial charge is 0.383 e. The molecule has 2 aromatic carbocycles. The molecule has 0 spiro atoms. The van der Waals surface area contributed by atoms with E-state index in [9.17, 15) is 4.79 Å². The van der Waals surface area contributed by atoms with Gasteiger partial charge in [-0.25, -0.2) is 4.98 Å². The maximum atomic E-state index is 12.9. The van der Waals surface area contributed by atoms with Crippen LogP contribution in [0, 0.1) is 0 Å². The van der Waals surface area contributed by atoms with Crippen molar-refractivity contribution in [3.05, 3.63) is 66.1 Å². The molecule has 4 rings (SSSR count). The van der Waals surface area contributed by atoms with Crippen molar-refractivity contribution in [2.45, 2.75) is 19.5 Å². The number of methoxy groups -OCH3 is 1. The number of nitrogens with one attached hydrogen (secondary N) is 2. The maximum Gasteiger partial charge on any atom is 0.252 e. The minimum Gasteiger partial charge on any atom is -0.383 e. The number of carbonyl (C=O) groups is 1. The van der Waals surface area contributed by atoms with E-state index in [4.69, 9.17) is 4.74 Å². The van der Waals surface area contributed by atoms with Crippen LogP contribution in [0.4, 0.5) is 0 Å². The van der Waals surface area contributed by atoms with E-state index < -0.39 is 0 Å². The summed E-state index contributed by atoms with van der Waals surface area (Å²) in [5, 5.41) is 3.98. The van der Waals surface area contributed by atoms with Gasteiger partial charge >= 0.3 is 0 Å². The monoisotopic (exact) mass is 362 g/mol. The molecule has 1 atom stereocenters. The molecule has 0 saturated carbocycles. The molecule has 0 fully saturated rings. The van der Waals surface area contributed by atoms with Crippen LogP contribution >= 0.6 is 0 Å². The normalized spacial score (nSPS) is 12.5. The first kappa shape index (κ1) is 17.3. The smallest absolute Gasteiger partial charge is 0.252 e. The highest BCUT2D eigenvalue weighted by molar-refractivity contribution is 6.06. The topological polar surface area (TPSA) is 71.9 Å². The van der Waals surface area contributed by atoms with E-state index in [1.807, 2.05) is 61.7 Å². The van der Waals surface area contributed by atoms with Gasteiger partial charge in [-0.3, -0.25) is 4.79 Å². The fraction of sp³-hybridized carbons (Fsp3) is 0.238. The Morgan fingerprint density at radius 2 is 2.07 bits per heavy atom. The lowest BCUT2D eigenvalue weighted by molar-refractivity contribution is 0.0940. The quantitative estimate of drug-likeness (QED) is 0.550. The highest BCUT2D eigenvalue weighted by atomic mass is 16.5. The Labute approximate surface area is 157 Å². The van der Waals surface area contributed by atoms with Gasteiger partial charge in [0, 0.05) is 36.3 Å². The van der Waals surface area contributed by atoms with Crippen LogP contribution in [-0.4, -0.2) is 34.2 Å². The molecular formula is C21H22N4O2. The van der Waals surface area contributed by atoms with E-state index in [0.29, 0.717) is 12.2 Å². The average molecular weight is 362 g/mol. The summed E-state index contributed by atoms with van der Waals surface area (Å²) in [5.41, 5.74) is 3.54. The number of aromatic nitrogens is 3. The molecule has 1 amide bonds. The number of carbonyl (C=O) groups excluding carboxylic acids is 1. The molecule has 2 N–H and O–H groups in total. The van der Waals surface area contributed by atoms with Crippen LogP contribution in [0.1, 0.15) is 29.1 Å². The predicted molar refractivity (Wildman–Crippen MR) is 106 cm³/mol. The Morgan fingerprint density at radius 3 is 2.89 bits per heavy atom. The third-order valence-electron chi connectivity index (χ3n) is 4.76. The van der Waals surface area contributed by atoms with Gasteiger partial charge in [-0.15, -0.1) is 0 Å². The van der Waals surface area contributed by atoms with E-state index >= 15 is 0 Å². The third-order valence-corrected chi connectivity index (χ3v) is 4.76. The molecule has 0 radical (unpaired) electrons. The number of benzene rings is 2. The van der Waals surface area contributed by atoms with E-state index in [2.05, 4.69) is 19.9 Å². The third kappa shape index (κ3) is 3.31. The van der Waals surface area contributed by atoms with Crippen LogP contribution in [0.5, 0.6) is 0 Å². The molecule has 6 nitrogen and oxygen atoms in total. The van der Waals surface area contributed by atoms with Crippen molar-refractivity contribution in [2.24, 2.45) is 0 Å². The van der Waals surface area contributed by atoms with Gasteiger partial charge in [-0.05, 0) is 37.3 Å². The molecular weight excluding hydrogens is 340 g/mol. The highest BCUT2D eigenvalue weighted by Crippen LogP contribution is 2.22. The van der Waals surface area contributed by atoms with Crippen LogP contribution in [0.3, 0.4) is 0 Å². The number of para-hydroxylation sites is 2. The Morgan fingerprint density at radius 1 is 1.22 bits per heavy atom. The van der Waals surface area contributed by atoms with E-state index in [1.165, 1.54) is 0 Å². The number of ether oxygens (including phenoxy) is 1. The maximum absolute atomic E-state index is 12.9. The molecule has 0 aliphatic rings. The first-order valence-corrected chi connectivity index (χ1v) is 8.99. The lowest BCUT2D eigenvalue weighted by Crippen LogP contribution is -2.27. The lowest BCUT2D eigenvalue weighted by atomic mass is 10.1. The number of aromatic amines is 1. The number of rotatable bonds is 6. The molecule has 0 aliphatic heterocycles. The number of H-pyrrole nitrogens is 1. The summed E-state index contributed by atoms with van der Waals surface area (Å²) in [6.07, 6.45) is 1.99. The molecule has 4 aromatic rings. The number of hydrogen-bond donors (Lipinski definition) is 2. The summed E-state index contributed by atoms with van der Waals surface area (Å²) in [5.74, 6) is 0.632. The van der Waals surface area contributed by atoms with Crippen molar-refractivity contribution in [1.29, 1.82) is 0 Å². The number of imidazole rings is 1. The van der Waals surface area contributed by atoms with Crippen LogP contribution in [0.2, 0.25) is 0 Å². The van der Waals surface area contributed by atoms with E-state index in [0.717, 1.165) is 34.3 Å². The zero-order chi connectivity index (χ0) is 18.8. The fourth-order valence-corrected chi connectivity index (χ4v) is 3.33. The van der Waals surface area contributed by atoms with E-state index in [1.54, 1.807) is 7.11 Å². The van der Waals surface area contributed by atoms with Gasteiger partial charge in [-0.1, -0.05) is 18.2 Å². The van der Waals surface area contributed by atoms with Crippen molar-refractivity contribution in [2.75, 3.05) is 13.7 Å². The summed E-state index contributed by atoms with van der Waals surface area (Å²) in [4.78, 5) is 20.7. The van der Waals surface area contributed by atoms with Crippen molar-refractivity contribution in [3.8, 4) is 0 Å². The van der Waals surface area contributed by atoms with Gasteiger partial charge < -0.3 is 19.6 Å². The number of amides is 1. The number of fused-ring (bicyclic) bond motifs is 2. The predicted octanol–water partition coefficient (Wildman–Crippen LogP) is 3.66. The summed E-state index contributed by atoms with van der Waals surface area (Å²) >= 11 is 0. The van der Waals surface area contributed by atoms with Crippen LogP contribution < -0.4 is 5.32 Å². The Bertz CT molecular complexity index is 1060. The van der Waals surface area contributed by atoms with Crippen molar-refractivity contribution >= 4 is 27.8 Å². The standard InChI is InChI=1S/C21H22N4O2/c1-14(20-23-17-7-3-4-8-18(17)24-20)22-21(26)16-6-5-9-19-15(16)10-11-25(19)12-13-27-2/h3-11,14H,12-13H2,1-2H3,(H,22,26)(H,23,24). The second kappa shape index (κ2) is 7.25. The molecule has 0 saturated heterocycles. The summed E-state index contributed by atoms with van der Waals surface area (Å²) in [7, 11) is 1.68. The second-order valence-electron chi connectivity index (χ2n) is 6.57. The first-order valence-electron chi connectivity index (χ1n) is 8.99. The van der Waals surface area contributed by atoms with Gasteiger partial charge in [0.1, 0.15) is 5.82 Å². The van der Waals surface area contributed by atoms with Gasteiger partial charge in [-0.2, -0.15) is 0 Å². The van der Waals surface area contributed by atoms with Gasteiger partial charge in [0.2, 0.25) is 0 Å². The zero-order valence-corrected chi connectivity index (χ0v) is 15.4. The van der Waals surface area contributed by atoms with Crippen LogP contribution in [0.25, 0.3) is 21.9 Å². The fourth-order valence-electron chi connectivity index (χ4n) is 3.33. The van der Waals surface area contributed by atoms with Crippen molar-refractivity contribution < 1.29 is 9.53 Å². The minimum absolute atomic E-state index is 0.113. The summed E-state index contributed by atoms with van der Waals surface area (Å²) in [6, 6.07) is 15.4. The molecule has 0 aliphatic carbocycles. The average Bonchev–Trinajstić information content (AvgIpc) is 3.30. The van der Waals surface area contributed by atoms with E-state index in [-0.39, 0.29) is 11.9 Å². The molecule has 1 unspecified atom stereocenters. The molecule has 138 valence electrons. The summed E-state index contributed by atoms with van der Waals surface area (Å²) < 4.78 is 7.25. The van der Waals surface area contributed by atoms with Crippen LogP contribution in [0.15, 0.2) is 54.7 Å². The van der Waals surface area contributed by atoms with Gasteiger partial charge in [0.15, 0.2) is 0 Å². The van der Waals surface area contributed by atoms with Crippen molar-refractivity contribution in [1.82, 2.24) is 19.9 Å². The second-order valence-corrected chi connectivity index (χ2v) is 6.57. The molecule has 27 heavy (non-hydrogen) atoms. The lowest BCUT2D eigenvalue weighted by Gasteiger charge is -2.12. The zero-order valence-electron chi connectivity index (χ0n) is 15.4. The Balaban J connectivity index is 1.58. The van der Waals surface area contributed by atoms with Crippen molar-refractivity contribution in [3.63, 3.8) is 0 Å². The number of hydrogen-bond acceptors (Lipinski definition) is 3. The van der Waals surface area contributed by atoms with Gasteiger partial charge in [0.05, 0.1) is 23.7 Å². The molecule has 0 bridgehead atoms. The summed E-state index contributed by atoms with van der Waals surface area (Å²) in [6.45, 7) is 3.31. The Hall–Kier alpha value is -3.12. The first-order chi connectivity index (χ1) is 13.2. The molecule has 6 heteroatoms. The highest BCUT2D eigenvalue weighted by Gasteiger charge is 2.17. The SMILES string of the molecule is COCCn1ccc2c(C(=O)NC(C)c3nc4ccccc4[nH]3)cccc21. The molecule has 2 heterocycles. The Kier molecular flexibility index (Phi) is 4.64. The van der Waals surface area contributed by atoms with Crippen LogP contribution in [-0.2, 0) is 11.3 Å². The minimum atomic E-state index is -0.226.